The second-order valence-corrected chi connectivity index (χ2v) is 7.50. The molecule has 0 aromatic heterocycles. The monoisotopic (exact) mass is 412 g/mol. The predicted octanol–water partition coefficient (Wildman–Crippen LogP) is 4.66. The van der Waals surface area contributed by atoms with Crippen LogP contribution in [-0.4, -0.2) is 31.6 Å². The van der Waals surface area contributed by atoms with Crippen molar-refractivity contribution in [3.05, 3.63) is 52.0 Å². The lowest BCUT2D eigenvalue weighted by Crippen LogP contribution is -2.49. The summed E-state index contributed by atoms with van der Waals surface area (Å²) in [5.74, 6) is -2.84. The van der Waals surface area contributed by atoms with E-state index in [9.17, 15) is 0 Å². The number of benzene rings is 2. The lowest BCUT2D eigenvalue weighted by molar-refractivity contribution is -0.129. The van der Waals surface area contributed by atoms with E-state index in [1.807, 2.05) is 0 Å². The summed E-state index contributed by atoms with van der Waals surface area (Å²) in [7, 11) is 0. The van der Waals surface area contributed by atoms with Crippen LogP contribution in [0.3, 0.4) is 0 Å². The molecule has 8 heteroatoms. The lowest BCUT2D eigenvalue weighted by atomic mass is 9.78. The second kappa shape index (κ2) is 6.62. The zero-order chi connectivity index (χ0) is 19.2. The van der Waals surface area contributed by atoms with Gasteiger partial charge in [-0.25, -0.2) is 8.78 Å². The van der Waals surface area contributed by atoms with Crippen LogP contribution < -0.4 is 10.5 Å². The third kappa shape index (κ3) is 3.16. The van der Waals surface area contributed by atoms with Gasteiger partial charge in [-0.05, 0) is 41.5 Å². The Morgan fingerprint density at radius 1 is 1.04 bits per heavy atom. The van der Waals surface area contributed by atoms with Gasteiger partial charge in [-0.1, -0.05) is 29.3 Å². The smallest absolute Gasteiger partial charge is 0.299 e. The summed E-state index contributed by atoms with van der Waals surface area (Å²) in [6.07, 6.45) is -0.00316. The Morgan fingerprint density at radius 2 is 1.78 bits per heavy atom. The summed E-state index contributed by atoms with van der Waals surface area (Å²) in [6, 6.07) is 10.1. The van der Waals surface area contributed by atoms with Crippen LogP contribution in [0.2, 0.25) is 10.0 Å². The number of amidine groups is 1. The summed E-state index contributed by atoms with van der Waals surface area (Å²) in [5.41, 5.74) is 5.66. The van der Waals surface area contributed by atoms with Gasteiger partial charge in [-0.15, -0.1) is 0 Å². The Labute approximate surface area is 164 Å². The normalized spacial score (nSPS) is 23.9. The number of rotatable bonds is 1. The minimum atomic E-state index is -3.24. The van der Waals surface area contributed by atoms with E-state index < -0.39 is 18.1 Å². The first-order chi connectivity index (χ1) is 12.8. The Balaban J connectivity index is 1.92. The van der Waals surface area contributed by atoms with Crippen LogP contribution in [0, 0.1) is 0 Å². The fourth-order valence-corrected chi connectivity index (χ4v) is 4.11. The molecule has 2 aromatic rings. The molecule has 142 valence electrons. The molecule has 0 saturated carbocycles. The first-order valence-corrected chi connectivity index (χ1v) is 9.10. The number of halogens is 4. The van der Waals surface area contributed by atoms with Crippen LogP contribution in [0.15, 0.2) is 41.4 Å². The molecular formula is C19H16Cl2F2N2O2. The highest BCUT2D eigenvalue weighted by atomic mass is 35.5. The first kappa shape index (κ1) is 18.5. The van der Waals surface area contributed by atoms with Gasteiger partial charge in [0, 0.05) is 22.0 Å². The molecule has 1 atom stereocenters. The molecule has 0 bridgehead atoms. The molecule has 1 spiro atoms. The molecule has 2 heterocycles. The molecule has 2 aliphatic rings. The third-order valence-corrected chi connectivity index (χ3v) is 5.25. The van der Waals surface area contributed by atoms with Gasteiger partial charge < -0.3 is 15.2 Å². The van der Waals surface area contributed by atoms with Gasteiger partial charge in [-0.2, -0.15) is 0 Å². The van der Waals surface area contributed by atoms with Crippen molar-refractivity contribution in [2.75, 3.05) is 19.8 Å². The number of alkyl halides is 2. The first-order valence-electron chi connectivity index (χ1n) is 8.34. The maximum absolute atomic E-state index is 15.1. The average Bonchev–Trinajstić information content (AvgIpc) is 2.70. The Hall–Kier alpha value is -1.89. The molecule has 0 fully saturated rings. The van der Waals surface area contributed by atoms with Gasteiger partial charge in [-0.3, -0.25) is 4.99 Å². The van der Waals surface area contributed by atoms with Crippen LogP contribution in [0.25, 0.3) is 11.1 Å². The molecule has 0 saturated heterocycles. The molecule has 1 unspecified atom stereocenters. The second-order valence-electron chi connectivity index (χ2n) is 6.63. The lowest BCUT2D eigenvalue weighted by Gasteiger charge is -2.40. The molecule has 4 nitrogen and oxygen atoms in total. The maximum Gasteiger partial charge on any atom is 0.299 e. The van der Waals surface area contributed by atoms with E-state index in [1.165, 1.54) is 0 Å². The third-order valence-electron chi connectivity index (χ3n) is 4.82. The van der Waals surface area contributed by atoms with Crippen LogP contribution in [-0.2, 0) is 10.3 Å². The summed E-state index contributed by atoms with van der Waals surface area (Å²) in [5, 5.41) is 0.910. The number of hydrogen-bond donors (Lipinski definition) is 1. The quantitative estimate of drug-likeness (QED) is 0.740. The van der Waals surface area contributed by atoms with Gasteiger partial charge in [0.2, 0.25) is 0 Å². The fraction of sp³-hybridized carbons (Fsp3) is 0.316. The Bertz CT molecular complexity index is 916. The van der Waals surface area contributed by atoms with E-state index in [0.717, 1.165) is 0 Å². The standard InChI is InChI=1S/C19H16Cl2F2N2O2/c20-13-5-12(6-14(21)8-13)11-1-2-16-15(7-11)18(3-4-27-16)19(22,23)10-26-9-17(24)25-18/h1-2,5-8H,3-4,9-10H2,(H2,24,25). The Kier molecular flexibility index (Phi) is 4.53. The number of fused-ring (bicyclic) bond motifs is 2. The largest absolute Gasteiger partial charge is 0.493 e. The fourth-order valence-electron chi connectivity index (χ4n) is 3.58. The van der Waals surface area contributed by atoms with Gasteiger partial charge in [0.1, 0.15) is 24.8 Å². The van der Waals surface area contributed by atoms with Gasteiger partial charge in [0.05, 0.1) is 6.61 Å². The summed E-state index contributed by atoms with van der Waals surface area (Å²) in [6.45, 7) is -0.775. The molecule has 0 aliphatic carbocycles. The number of ether oxygens (including phenoxy) is 2. The van der Waals surface area contributed by atoms with E-state index in [0.29, 0.717) is 26.9 Å². The highest BCUT2D eigenvalue weighted by Gasteiger charge is 2.58. The summed E-state index contributed by atoms with van der Waals surface area (Å²) in [4.78, 5) is 4.22. The number of nitrogens with zero attached hydrogens (tertiary/aromatic N) is 1. The molecular weight excluding hydrogens is 397 g/mol. The molecule has 0 amide bonds. The minimum absolute atomic E-state index is 0.00316. The summed E-state index contributed by atoms with van der Waals surface area (Å²) < 4.78 is 40.9. The van der Waals surface area contributed by atoms with Crippen LogP contribution in [0.4, 0.5) is 8.78 Å². The van der Waals surface area contributed by atoms with Crippen molar-refractivity contribution in [1.29, 1.82) is 0 Å². The zero-order valence-electron chi connectivity index (χ0n) is 14.1. The van der Waals surface area contributed by atoms with Gasteiger partial charge in [0.25, 0.3) is 5.92 Å². The van der Waals surface area contributed by atoms with Crippen LogP contribution >= 0.6 is 23.2 Å². The van der Waals surface area contributed by atoms with Gasteiger partial charge in [0.15, 0.2) is 5.54 Å². The van der Waals surface area contributed by atoms with E-state index in [4.69, 9.17) is 38.4 Å². The van der Waals surface area contributed by atoms with Crippen LogP contribution in [0.1, 0.15) is 12.0 Å². The minimum Gasteiger partial charge on any atom is -0.493 e. The highest BCUT2D eigenvalue weighted by Crippen LogP contribution is 2.51. The number of nitrogens with two attached hydrogens (primary N) is 1. The molecule has 0 radical (unpaired) electrons. The van der Waals surface area contributed by atoms with Crippen molar-refractivity contribution in [2.24, 2.45) is 10.7 Å². The van der Waals surface area contributed by atoms with Crippen molar-refractivity contribution >= 4 is 29.0 Å². The van der Waals surface area contributed by atoms with Crippen molar-refractivity contribution in [3.63, 3.8) is 0 Å². The molecule has 2 aromatic carbocycles. The SMILES string of the molecule is NC1=NC2(CCOc3ccc(-c4cc(Cl)cc(Cl)c4)cc32)C(F)(F)COC1. The van der Waals surface area contributed by atoms with Crippen molar-refractivity contribution in [2.45, 2.75) is 17.9 Å². The van der Waals surface area contributed by atoms with Crippen LogP contribution in [0.5, 0.6) is 5.75 Å². The van der Waals surface area contributed by atoms with E-state index >= 15 is 8.78 Å². The average molecular weight is 413 g/mol. The Morgan fingerprint density at radius 3 is 2.52 bits per heavy atom. The number of aliphatic imine (C=N–C) groups is 1. The van der Waals surface area contributed by atoms with E-state index in [2.05, 4.69) is 4.99 Å². The van der Waals surface area contributed by atoms with Crippen molar-refractivity contribution in [1.82, 2.24) is 0 Å². The molecule has 2 N–H and O–H groups in total. The van der Waals surface area contributed by atoms with E-state index in [-0.39, 0.29) is 31.0 Å². The molecule has 4 rings (SSSR count). The van der Waals surface area contributed by atoms with Crippen molar-refractivity contribution < 1.29 is 18.3 Å². The highest BCUT2D eigenvalue weighted by molar-refractivity contribution is 6.35. The topological polar surface area (TPSA) is 56.8 Å². The van der Waals surface area contributed by atoms with Crippen molar-refractivity contribution in [3.8, 4) is 16.9 Å². The van der Waals surface area contributed by atoms with E-state index in [1.54, 1.807) is 36.4 Å². The molecule has 2 aliphatic heterocycles. The number of hydrogen-bond acceptors (Lipinski definition) is 4. The zero-order valence-corrected chi connectivity index (χ0v) is 15.7. The molecule has 27 heavy (non-hydrogen) atoms. The van der Waals surface area contributed by atoms with Gasteiger partial charge >= 0.3 is 0 Å². The predicted molar refractivity (Wildman–Crippen MR) is 101 cm³/mol. The maximum atomic E-state index is 15.1. The summed E-state index contributed by atoms with van der Waals surface area (Å²) >= 11 is 12.2.